The first-order chi connectivity index (χ1) is 13.4. The first-order valence-electron chi connectivity index (χ1n) is 9.62. The number of nitrogens with zero attached hydrogens (tertiary/aromatic N) is 1. The summed E-state index contributed by atoms with van der Waals surface area (Å²) < 4.78 is 31.1. The zero-order valence-electron chi connectivity index (χ0n) is 16.1. The van der Waals surface area contributed by atoms with Crippen LogP contribution in [0.25, 0.3) is 10.2 Å². The zero-order valence-corrected chi connectivity index (χ0v) is 17.7. The van der Waals surface area contributed by atoms with Crippen molar-refractivity contribution in [2.75, 3.05) is 0 Å². The van der Waals surface area contributed by atoms with Gasteiger partial charge in [-0.15, -0.1) is 0 Å². The van der Waals surface area contributed by atoms with Crippen LogP contribution < -0.4 is 9.60 Å². The molecule has 0 spiro atoms. The number of benzene rings is 2. The molecule has 0 saturated carbocycles. The predicted octanol–water partition coefficient (Wildman–Crippen LogP) is 3.91. The van der Waals surface area contributed by atoms with E-state index in [4.69, 9.17) is 0 Å². The third-order valence-corrected chi connectivity index (χ3v) is 8.02. The number of fused-ring (bicyclic) bond motifs is 2. The van der Waals surface area contributed by atoms with Crippen LogP contribution in [0, 0.1) is 0 Å². The van der Waals surface area contributed by atoms with Crippen LogP contribution in [-0.4, -0.2) is 13.0 Å². The maximum atomic E-state index is 13.0. The summed E-state index contributed by atoms with van der Waals surface area (Å²) in [5.41, 5.74) is 4.49. The summed E-state index contributed by atoms with van der Waals surface area (Å²) in [5.74, 6) is 0. The van der Waals surface area contributed by atoms with Gasteiger partial charge in [0.05, 0.1) is 15.1 Å². The molecule has 148 valence electrons. The second-order valence-electron chi connectivity index (χ2n) is 7.37. The molecule has 0 saturated heterocycles. The Balaban J connectivity index is 1.65. The number of sulfonamides is 1. The van der Waals surface area contributed by atoms with Gasteiger partial charge in [0.1, 0.15) is 0 Å². The standard InChI is InChI=1S/C21H24N2O3S2/c1-3-18(16-9-8-14-6-4-5-7-15(14)12-16)22-28(25,26)17-10-11-19-20(13-17)27-21(24)23(19)2/h8-13,18,22H,3-7H2,1-2H3. The van der Waals surface area contributed by atoms with Gasteiger partial charge in [-0.3, -0.25) is 4.79 Å². The fourth-order valence-corrected chi connectivity index (χ4v) is 6.22. The monoisotopic (exact) mass is 416 g/mol. The summed E-state index contributed by atoms with van der Waals surface area (Å²) in [6.45, 7) is 1.98. The molecule has 2 aromatic carbocycles. The minimum absolute atomic E-state index is 0.0991. The van der Waals surface area contributed by atoms with Crippen LogP contribution in [0.5, 0.6) is 0 Å². The molecule has 0 bridgehead atoms. The lowest BCUT2D eigenvalue weighted by Gasteiger charge is -2.21. The molecule has 1 aromatic heterocycles. The maximum absolute atomic E-state index is 13.0. The minimum Gasteiger partial charge on any atom is -0.302 e. The lowest BCUT2D eigenvalue weighted by Crippen LogP contribution is -2.28. The van der Waals surface area contributed by atoms with E-state index < -0.39 is 10.0 Å². The van der Waals surface area contributed by atoms with Gasteiger partial charge < -0.3 is 4.57 Å². The molecule has 28 heavy (non-hydrogen) atoms. The van der Waals surface area contributed by atoms with Crippen molar-refractivity contribution in [2.24, 2.45) is 7.05 Å². The second kappa shape index (κ2) is 7.46. The average Bonchev–Trinajstić information content (AvgIpc) is 2.99. The zero-order chi connectivity index (χ0) is 19.9. The number of thiazole rings is 1. The highest BCUT2D eigenvalue weighted by atomic mass is 32.2. The van der Waals surface area contributed by atoms with E-state index in [-0.39, 0.29) is 15.8 Å². The van der Waals surface area contributed by atoms with E-state index >= 15 is 0 Å². The van der Waals surface area contributed by atoms with Gasteiger partial charge in [-0.2, -0.15) is 0 Å². The van der Waals surface area contributed by atoms with Crippen LogP contribution in [0.3, 0.4) is 0 Å². The summed E-state index contributed by atoms with van der Waals surface area (Å²) in [4.78, 5) is 11.9. The number of hydrogen-bond acceptors (Lipinski definition) is 4. The smallest absolute Gasteiger partial charge is 0.302 e. The lowest BCUT2D eigenvalue weighted by molar-refractivity contribution is 0.549. The van der Waals surface area contributed by atoms with E-state index in [9.17, 15) is 13.2 Å². The predicted molar refractivity (Wildman–Crippen MR) is 114 cm³/mol. The Hall–Kier alpha value is -1.96. The number of aromatic nitrogens is 1. The molecule has 0 radical (unpaired) electrons. The Bertz CT molecular complexity index is 1190. The summed E-state index contributed by atoms with van der Waals surface area (Å²) in [7, 11) is -2.00. The van der Waals surface area contributed by atoms with Crippen LogP contribution in [0.1, 0.15) is 48.9 Å². The molecule has 3 aromatic rings. The molecule has 4 rings (SSSR count). The second-order valence-corrected chi connectivity index (χ2v) is 10.1. The molecule has 1 N–H and O–H groups in total. The van der Waals surface area contributed by atoms with Crippen molar-refractivity contribution in [3.05, 3.63) is 62.8 Å². The highest BCUT2D eigenvalue weighted by molar-refractivity contribution is 7.89. The van der Waals surface area contributed by atoms with Crippen molar-refractivity contribution in [3.63, 3.8) is 0 Å². The Kier molecular flexibility index (Phi) is 5.16. The van der Waals surface area contributed by atoms with E-state index in [0.717, 1.165) is 35.3 Å². The van der Waals surface area contributed by atoms with Gasteiger partial charge in [-0.05, 0) is 67.0 Å². The van der Waals surface area contributed by atoms with Crippen LogP contribution in [0.2, 0.25) is 0 Å². The van der Waals surface area contributed by atoms with Crippen molar-refractivity contribution in [2.45, 2.75) is 50.0 Å². The molecule has 1 aliphatic carbocycles. The minimum atomic E-state index is -3.69. The van der Waals surface area contributed by atoms with Crippen molar-refractivity contribution in [1.29, 1.82) is 0 Å². The van der Waals surface area contributed by atoms with Gasteiger partial charge in [0.25, 0.3) is 0 Å². The lowest BCUT2D eigenvalue weighted by atomic mass is 9.89. The molecule has 0 fully saturated rings. The molecule has 1 unspecified atom stereocenters. The van der Waals surface area contributed by atoms with E-state index in [1.807, 2.05) is 13.0 Å². The molecule has 0 amide bonds. The topological polar surface area (TPSA) is 68.2 Å². The molecular weight excluding hydrogens is 392 g/mol. The highest BCUT2D eigenvalue weighted by Gasteiger charge is 2.22. The van der Waals surface area contributed by atoms with E-state index in [2.05, 4.69) is 16.9 Å². The van der Waals surface area contributed by atoms with Crippen molar-refractivity contribution in [3.8, 4) is 0 Å². The largest absolute Gasteiger partial charge is 0.307 e. The van der Waals surface area contributed by atoms with Gasteiger partial charge in [0, 0.05) is 13.1 Å². The Morgan fingerprint density at radius 3 is 2.61 bits per heavy atom. The van der Waals surface area contributed by atoms with Gasteiger partial charge >= 0.3 is 4.87 Å². The van der Waals surface area contributed by atoms with Crippen LogP contribution in [-0.2, 0) is 29.9 Å². The fraction of sp³-hybridized carbons (Fsp3) is 0.381. The molecule has 5 nitrogen and oxygen atoms in total. The van der Waals surface area contributed by atoms with E-state index in [1.165, 1.54) is 28.5 Å². The number of aryl methyl sites for hydroxylation is 3. The summed E-state index contributed by atoms with van der Waals surface area (Å²) in [5, 5.41) is 0. The van der Waals surface area contributed by atoms with Crippen LogP contribution in [0.15, 0.2) is 46.1 Å². The molecule has 1 atom stereocenters. The summed E-state index contributed by atoms with van der Waals surface area (Å²) in [6.07, 6.45) is 5.26. The first-order valence-corrected chi connectivity index (χ1v) is 11.9. The molecule has 1 aliphatic rings. The molecule has 7 heteroatoms. The maximum Gasteiger partial charge on any atom is 0.307 e. The average molecular weight is 417 g/mol. The molecule has 1 heterocycles. The van der Waals surface area contributed by atoms with E-state index in [1.54, 1.807) is 25.2 Å². The molecule has 0 aliphatic heterocycles. The van der Waals surface area contributed by atoms with Crippen LogP contribution >= 0.6 is 11.3 Å². The first kappa shape index (κ1) is 19.4. The SMILES string of the molecule is CCC(NS(=O)(=O)c1ccc2c(c1)sc(=O)n2C)c1ccc2c(c1)CCCC2. The third-order valence-electron chi connectivity index (χ3n) is 5.55. The Morgan fingerprint density at radius 2 is 1.86 bits per heavy atom. The third kappa shape index (κ3) is 3.54. The summed E-state index contributed by atoms with van der Waals surface area (Å²) >= 11 is 1.06. The number of nitrogens with one attached hydrogen (secondary N) is 1. The van der Waals surface area contributed by atoms with Gasteiger partial charge in [0.15, 0.2) is 0 Å². The molecular formula is C21H24N2O3S2. The van der Waals surface area contributed by atoms with Crippen molar-refractivity contribution in [1.82, 2.24) is 9.29 Å². The van der Waals surface area contributed by atoms with Gasteiger partial charge in [-0.25, -0.2) is 13.1 Å². The Morgan fingerprint density at radius 1 is 1.11 bits per heavy atom. The van der Waals surface area contributed by atoms with E-state index in [0.29, 0.717) is 11.1 Å². The summed E-state index contributed by atoms with van der Waals surface area (Å²) in [6, 6.07) is 10.9. The Labute approximate surface area is 169 Å². The quantitative estimate of drug-likeness (QED) is 0.686. The van der Waals surface area contributed by atoms with Gasteiger partial charge in [0.2, 0.25) is 10.0 Å². The van der Waals surface area contributed by atoms with Crippen molar-refractivity contribution >= 4 is 31.6 Å². The number of rotatable bonds is 5. The number of hydrogen-bond donors (Lipinski definition) is 1. The van der Waals surface area contributed by atoms with Crippen LogP contribution in [0.4, 0.5) is 0 Å². The fourth-order valence-electron chi connectivity index (χ4n) is 3.89. The normalized spacial score (nSPS) is 15.5. The highest BCUT2D eigenvalue weighted by Crippen LogP contribution is 2.28. The van der Waals surface area contributed by atoms with Gasteiger partial charge in [-0.1, -0.05) is 36.5 Å². The van der Waals surface area contributed by atoms with Crippen molar-refractivity contribution < 1.29 is 8.42 Å².